The minimum absolute atomic E-state index is 0.345. The molecule has 5 aromatic rings. The van der Waals surface area contributed by atoms with Crippen LogP contribution < -0.4 is 16.0 Å². The number of nitrogens with one attached hydrogen (secondary N) is 3. The Morgan fingerprint density at radius 3 is 2.77 bits per heavy atom. The first-order valence-corrected chi connectivity index (χ1v) is 13.7. The van der Waals surface area contributed by atoms with E-state index in [1.807, 2.05) is 42.1 Å². The highest BCUT2D eigenvalue weighted by Crippen LogP contribution is 2.30. The maximum atomic E-state index is 12.6. The Balaban J connectivity index is 1.17. The summed E-state index contributed by atoms with van der Waals surface area (Å²) in [6.07, 6.45) is 5.39. The number of benzene rings is 2. The van der Waals surface area contributed by atoms with Gasteiger partial charge in [0.15, 0.2) is 5.82 Å². The van der Waals surface area contributed by atoms with Crippen molar-refractivity contribution in [1.29, 1.82) is 0 Å². The Kier molecular flexibility index (Phi) is 7.56. The maximum absolute atomic E-state index is 12.6. The monoisotopic (exact) mass is 539 g/mol. The van der Waals surface area contributed by atoms with Crippen LogP contribution in [0.5, 0.6) is 0 Å². The Morgan fingerprint density at radius 2 is 1.95 bits per heavy atom. The van der Waals surface area contributed by atoms with Crippen LogP contribution in [0.3, 0.4) is 0 Å². The molecule has 3 N–H and O–H groups in total. The Morgan fingerprint density at radius 1 is 1.10 bits per heavy atom. The van der Waals surface area contributed by atoms with Gasteiger partial charge in [-0.1, -0.05) is 37.3 Å². The van der Waals surface area contributed by atoms with E-state index in [-0.39, 0.29) is 0 Å². The first-order valence-electron chi connectivity index (χ1n) is 13.7. The van der Waals surface area contributed by atoms with Crippen LogP contribution in [0.25, 0.3) is 16.4 Å². The molecular weight excluding hydrogens is 506 g/mol. The van der Waals surface area contributed by atoms with E-state index >= 15 is 0 Å². The van der Waals surface area contributed by atoms with Crippen LogP contribution in [-0.2, 0) is 17.7 Å². The van der Waals surface area contributed by atoms with Crippen LogP contribution in [0.15, 0.2) is 67.3 Å². The van der Waals surface area contributed by atoms with Gasteiger partial charge in [-0.15, -0.1) is 0 Å². The van der Waals surface area contributed by atoms with Crippen molar-refractivity contribution in [3.63, 3.8) is 0 Å². The van der Waals surface area contributed by atoms with Gasteiger partial charge in [0, 0.05) is 49.4 Å². The molecule has 1 aliphatic rings. The molecule has 3 aromatic heterocycles. The van der Waals surface area contributed by atoms with E-state index in [4.69, 9.17) is 4.74 Å². The van der Waals surface area contributed by atoms with Crippen LogP contribution in [0.4, 0.5) is 22.0 Å². The normalized spacial score (nSPS) is 14.0. The Hall–Kier alpha value is -4.48. The number of carbonyl (C=O) groups is 1. The molecule has 0 unspecified atom stereocenters. The number of nitrogens with zero attached hydrogens (tertiary/aromatic N) is 6. The molecule has 1 fully saturated rings. The van der Waals surface area contributed by atoms with E-state index in [1.165, 1.54) is 11.9 Å². The lowest BCUT2D eigenvalue weighted by molar-refractivity contribution is 0.134. The van der Waals surface area contributed by atoms with Gasteiger partial charge in [0.05, 0.1) is 30.1 Å². The van der Waals surface area contributed by atoms with Crippen molar-refractivity contribution >= 4 is 39.7 Å². The number of aromatic nitrogens is 5. The molecule has 1 saturated heterocycles. The van der Waals surface area contributed by atoms with Gasteiger partial charge in [-0.3, -0.25) is 14.9 Å². The van der Waals surface area contributed by atoms with Crippen molar-refractivity contribution in [3.8, 4) is 0 Å². The third-order valence-corrected chi connectivity index (χ3v) is 7.20. The second-order valence-electron chi connectivity index (χ2n) is 9.82. The van der Waals surface area contributed by atoms with Crippen molar-refractivity contribution in [1.82, 2.24) is 34.6 Å². The van der Waals surface area contributed by atoms with Gasteiger partial charge in [-0.2, -0.15) is 10.2 Å². The Bertz CT molecular complexity index is 1610. The molecule has 0 bridgehead atoms. The van der Waals surface area contributed by atoms with Crippen LogP contribution in [0, 0.1) is 0 Å². The van der Waals surface area contributed by atoms with E-state index in [2.05, 4.69) is 60.3 Å². The summed E-state index contributed by atoms with van der Waals surface area (Å²) in [4.78, 5) is 19.4. The summed E-state index contributed by atoms with van der Waals surface area (Å²) in [6, 6.07) is 16.4. The molecule has 2 aromatic carbocycles. The Labute approximate surface area is 232 Å². The zero-order valence-electron chi connectivity index (χ0n) is 22.5. The number of carbonyl (C=O) groups excluding carboxylic acids is 1. The number of aryl methyl sites for hydroxylation is 1. The summed E-state index contributed by atoms with van der Waals surface area (Å²) in [6.45, 7) is 7.68. The number of ether oxygens (including phenoxy) is 1. The molecule has 0 aliphatic carbocycles. The summed E-state index contributed by atoms with van der Waals surface area (Å²) >= 11 is 0. The first kappa shape index (κ1) is 25.8. The van der Waals surface area contributed by atoms with Gasteiger partial charge in [0.2, 0.25) is 0 Å². The average Bonchev–Trinajstić information content (AvgIpc) is 3.54. The topological polar surface area (TPSA) is 114 Å². The smallest absolute Gasteiger partial charge is 0.411 e. The van der Waals surface area contributed by atoms with Gasteiger partial charge in [0.25, 0.3) is 0 Å². The van der Waals surface area contributed by atoms with Crippen LogP contribution in [-0.4, -0.2) is 74.7 Å². The fourth-order valence-corrected chi connectivity index (χ4v) is 5.16. The minimum atomic E-state index is -0.471. The van der Waals surface area contributed by atoms with Gasteiger partial charge in [-0.05, 0) is 30.2 Å². The number of fused-ring (bicyclic) bond motifs is 2. The highest BCUT2D eigenvalue weighted by molar-refractivity contribution is 5.91. The number of amides is 1. The highest BCUT2D eigenvalue weighted by atomic mass is 16.5. The molecule has 11 heteroatoms. The van der Waals surface area contributed by atoms with Gasteiger partial charge in [0.1, 0.15) is 18.5 Å². The van der Waals surface area contributed by atoms with E-state index in [0.29, 0.717) is 31.1 Å². The van der Waals surface area contributed by atoms with Gasteiger partial charge in [-0.25, -0.2) is 14.3 Å². The zero-order chi connectivity index (χ0) is 27.3. The van der Waals surface area contributed by atoms with E-state index in [0.717, 1.165) is 60.4 Å². The quantitative estimate of drug-likeness (QED) is 0.259. The molecule has 0 atom stereocenters. The van der Waals surface area contributed by atoms with E-state index in [9.17, 15) is 4.79 Å². The summed E-state index contributed by atoms with van der Waals surface area (Å²) in [5.41, 5.74) is 5.54. The largest absolute Gasteiger partial charge is 0.448 e. The lowest BCUT2D eigenvalue weighted by atomic mass is 10.2. The van der Waals surface area contributed by atoms with Crippen molar-refractivity contribution in [2.45, 2.75) is 19.9 Å². The second-order valence-corrected chi connectivity index (χ2v) is 9.82. The van der Waals surface area contributed by atoms with Crippen LogP contribution in [0.1, 0.15) is 18.1 Å². The number of anilines is 3. The van der Waals surface area contributed by atoms with Crippen LogP contribution >= 0.6 is 0 Å². The van der Waals surface area contributed by atoms with Crippen molar-refractivity contribution in [2.24, 2.45) is 0 Å². The molecule has 206 valence electrons. The molecule has 1 amide bonds. The zero-order valence-corrected chi connectivity index (χ0v) is 22.5. The van der Waals surface area contributed by atoms with Gasteiger partial charge < -0.3 is 15.4 Å². The van der Waals surface area contributed by atoms with E-state index in [1.54, 1.807) is 10.7 Å². The number of piperazine rings is 1. The molecule has 40 heavy (non-hydrogen) atoms. The maximum Gasteiger partial charge on any atom is 0.411 e. The molecule has 1 aliphatic heterocycles. The van der Waals surface area contributed by atoms with E-state index < -0.39 is 6.09 Å². The standard InChI is InChI=1S/C29H33N9O2/c1-2-24-25(35-29(39)40-15-14-36-12-10-30-11-13-36)19-38-27(24)28(31-20-33-38)34-23-8-9-26-22(16-23)17-32-37(26)18-21-6-4-3-5-7-21/h3-9,16-17,19-20,30H,2,10-15,18H2,1H3,(H,35,39)(H,31,33,34). The third kappa shape index (κ3) is 5.61. The third-order valence-electron chi connectivity index (χ3n) is 7.20. The summed E-state index contributed by atoms with van der Waals surface area (Å²) in [5, 5.41) is 19.7. The molecule has 6 rings (SSSR count). The molecular formula is C29H33N9O2. The summed E-state index contributed by atoms with van der Waals surface area (Å²) in [5.74, 6) is 0.656. The summed E-state index contributed by atoms with van der Waals surface area (Å²) in [7, 11) is 0. The molecule has 0 spiro atoms. The minimum Gasteiger partial charge on any atom is -0.448 e. The SMILES string of the molecule is CCc1c(NC(=O)OCCN2CCNCC2)cn2ncnc(Nc3ccc4c(cnn4Cc4ccccc4)c3)c12. The van der Waals surface area contributed by atoms with Gasteiger partial charge >= 0.3 is 6.09 Å². The molecule has 11 nitrogen and oxygen atoms in total. The lowest BCUT2D eigenvalue weighted by Gasteiger charge is -2.26. The lowest BCUT2D eigenvalue weighted by Crippen LogP contribution is -2.44. The second kappa shape index (κ2) is 11.7. The van der Waals surface area contributed by atoms with Crippen LogP contribution in [0.2, 0.25) is 0 Å². The van der Waals surface area contributed by atoms with Crippen molar-refractivity contribution in [2.75, 3.05) is 50.0 Å². The fourth-order valence-electron chi connectivity index (χ4n) is 5.16. The molecule has 0 saturated carbocycles. The molecule has 0 radical (unpaired) electrons. The molecule has 4 heterocycles. The summed E-state index contributed by atoms with van der Waals surface area (Å²) < 4.78 is 9.21. The fraction of sp³-hybridized carbons (Fsp3) is 0.310. The average molecular weight is 540 g/mol. The van der Waals surface area contributed by atoms with Crippen molar-refractivity contribution in [3.05, 3.63) is 78.4 Å². The highest BCUT2D eigenvalue weighted by Gasteiger charge is 2.18. The number of rotatable bonds is 9. The first-order chi connectivity index (χ1) is 19.7. The predicted octanol–water partition coefficient (Wildman–Crippen LogP) is 3.89. The number of hydrogen-bond donors (Lipinski definition) is 3. The number of hydrogen-bond acceptors (Lipinski definition) is 8. The van der Waals surface area contributed by atoms with Crippen molar-refractivity contribution < 1.29 is 9.53 Å². The predicted molar refractivity (Wildman–Crippen MR) is 155 cm³/mol.